The lowest BCUT2D eigenvalue weighted by Gasteiger charge is -2.15. The number of nitrogens with two attached hydrogens (primary N) is 3. The molecule has 0 saturated heterocycles. The van der Waals surface area contributed by atoms with Crippen molar-refractivity contribution in [2.24, 2.45) is 17.2 Å². The summed E-state index contributed by atoms with van der Waals surface area (Å²) in [5.41, 5.74) is 16.2. The summed E-state index contributed by atoms with van der Waals surface area (Å²) in [6.45, 7) is 3.66. The largest absolute Gasteiger partial charge is 0.394 e. The van der Waals surface area contributed by atoms with Gasteiger partial charge in [0, 0.05) is 39.8 Å². The molecule has 0 saturated carbocycles. The Morgan fingerprint density at radius 1 is 0.857 bits per heavy atom. The van der Waals surface area contributed by atoms with Gasteiger partial charge in [-0.05, 0) is 0 Å². The molecule has 10 heteroatoms. The van der Waals surface area contributed by atoms with Gasteiger partial charge in [-0.25, -0.2) is 0 Å². The lowest BCUT2D eigenvalue weighted by Crippen LogP contribution is -2.16. The van der Waals surface area contributed by atoms with Gasteiger partial charge in [0.05, 0.1) is 5.03 Å². The highest BCUT2D eigenvalue weighted by Crippen LogP contribution is 2.22. The molecular formula is C11H23N5S5. The first-order valence-electron chi connectivity index (χ1n) is 6.12. The molecule has 0 aromatic carbocycles. The van der Waals surface area contributed by atoms with Gasteiger partial charge in [-0.3, -0.25) is 10.8 Å². The third kappa shape index (κ3) is 16.4. The van der Waals surface area contributed by atoms with Crippen molar-refractivity contribution < 1.29 is 0 Å². The number of amidine groups is 2. The fourth-order valence-corrected chi connectivity index (χ4v) is 5.92. The Morgan fingerprint density at radius 3 is 2.05 bits per heavy atom. The molecule has 0 aromatic rings. The Bertz CT molecular complexity index is 339. The predicted octanol–water partition coefficient (Wildman–Crippen LogP) is 2.24. The number of rotatable bonds is 12. The second-order valence-electron chi connectivity index (χ2n) is 3.77. The minimum atomic E-state index is 0.165. The third-order valence-electron chi connectivity index (χ3n) is 1.94. The number of thioether (sulfide) groups is 5. The van der Waals surface area contributed by atoms with Crippen LogP contribution in [-0.2, 0) is 0 Å². The lowest BCUT2D eigenvalue weighted by molar-refractivity contribution is 1.15. The second-order valence-corrected chi connectivity index (χ2v) is 9.75. The maximum absolute atomic E-state index is 7.30. The summed E-state index contributed by atoms with van der Waals surface area (Å²) in [5.74, 6) is 5.65. The highest BCUT2D eigenvalue weighted by molar-refractivity contribution is 8.15. The Labute approximate surface area is 148 Å². The topological polar surface area (TPSA) is 126 Å². The summed E-state index contributed by atoms with van der Waals surface area (Å²) in [5, 5.41) is 15.9. The van der Waals surface area contributed by atoms with Crippen molar-refractivity contribution in [1.82, 2.24) is 0 Å². The van der Waals surface area contributed by atoms with Gasteiger partial charge in [0.25, 0.3) is 0 Å². The van der Waals surface area contributed by atoms with E-state index in [1.54, 1.807) is 11.8 Å². The van der Waals surface area contributed by atoms with E-state index in [1.807, 2.05) is 23.5 Å². The van der Waals surface area contributed by atoms with Gasteiger partial charge in [0.2, 0.25) is 0 Å². The summed E-state index contributed by atoms with van der Waals surface area (Å²) in [6.07, 6.45) is 0. The van der Waals surface area contributed by atoms with Crippen LogP contribution in [0.4, 0.5) is 0 Å². The predicted molar refractivity (Wildman–Crippen MR) is 108 cm³/mol. The molecule has 0 fully saturated rings. The van der Waals surface area contributed by atoms with Crippen molar-refractivity contribution in [3.05, 3.63) is 11.6 Å². The zero-order valence-corrected chi connectivity index (χ0v) is 15.9. The van der Waals surface area contributed by atoms with Crippen molar-refractivity contribution >= 4 is 69.1 Å². The number of nitrogens with one attached hydrogen (secondary N) is 2. The van der Waals surface area contributed by atoms with Crippen LogP contribution in [0.1, 0.15) is 0 Å². The molecule has 1 atom stereocenters. The van der Waals surface area contributed by atoms with E-state index in [-0.39, 0.29) is 10.3 Å². The van der Waals surface area contributed by atoms with E-state index in [0.29, 0.717) is 10.3 Å². The molecule has 1 unspecified atom stereocenters. The first-order valence-corrected chi connectivity index (χ1v) is 11.3. The molecule has 5 nitrogen and oxygen atoms in total. The second kappa shape index (κ2) is 13.9. The minimum absolute atomic E-state index is 0.165. The zero-order chi connectivity index (χ0) is 16.1. The molecule has 0 spiro atoms. The SMILES string of the molecule is C=C(N)SCCSCC(CSC(=N)N)SCCSC(=N)N. The summed E-state index contributed by atoms with van der Waals surface area (Å²) < 4.78 is 0. The van der Waals surface area contributed by atoms with E-state index in [0.717, 1.165) is 34.5 Å². The third-order valence-corrected chi connectivity index (χ3v) is 7.63. The summed E-state index contributed by atoms with van der Waals surface area (Å²) in [6, 6.07) is 0. The van der Waals surface area contributed by atoms with Crippen LogP contribution < -0.4 is 17.2 Å². The van der Waals surface area contributed by atoms with Gasteiger partial charge < -0.3 is 17.2 Å². The Hall–Kier alpha value is 0.230. The molecule has 0 bridgehead atoms. The lowest BCUT2D eigenvalue weighted by atomic mass is 10.5. The Morgan fingerprint density at radius 2 is 1.48 bits per heavy atom. The van der Waals surface area contributed by atoms with Gasteiger partial charge in [-0.1, -0.05) is 30.1 Å². The molecule has 0 aliphatic heterocycles. The molecule has 0 radical (unpaired) electrons. The van der Waals surface area contributed by atoms with Crippen LogP contribution in [0.25, 0.3) is 0 Å². The molecule has 8 N–H and O–H groups in total. The van der Waals surface area contributed by atoms with E-state index in [4.69, 9.17) is 28.0 Å². The summed E-state index contributed by atoms with van der Waals surface area (Å²) in [4.78, 5) is 0. The van der Waals surface area contributed by atoms with Crippen LogP contribution in [0, 0.1) is 10.8 Å². The monoisotopic (exact) mass is 385 g/mol. The summed E-state index contributed by atoms with van der Waals surface area (Å²) in [7, 11) is 0. The van der Waals surface area contributed by atoms with Crippen LogP contribution in [0.2, 0.25) is 0 Å². The first kappa shape index (κ1) is 21.2. The van der Waals surface area contributed by atoms with Crippen LogP contribution in [0.3, 0.4) is 0 Å². The fraction of sp³-hybridized carbons (Fsp3) is 0.636. The van der Waals surface area contributed by atoms with Crippen molar-refractivity contribution in [2.75, 3.05) is 34.5 Å². The minimum Gasteiger partial charge on any atom is -0.394 e. The average Bonchev–Trinajstić information content (AvgIpc) is 2.38. The molecule has 0 aromatic heterocycles. The highest BCUT2D eigenvalue weighted by atomic mass is 32.2. The van der Waals surface area contributed by atoms with Crippen molar-refractivity contribution in [3.63, 3.8) is 0 Å². The maximum Gasteiger partial charge on any atom is 0.151 e. The molecule has 122 valence electrons. The first-order chi connectivity index (χ1) is 9.91. The van der Waals surface area contributed by atoms with E-state index in [2.05, 4.69) is 6.58 Å². The van der Waals surface area contributed by atoms with Crippen molar-refractivity contribution in [3.8, 4) is 0 Å². The molecular weight excluding hydrogens is 362 g/mol. The van der Waals surface area contributed by atoms with Crippen LogP contribution >= 0.6 is 58.8 Å². The Balaban J connectivity index is 3.87. The van der Waals surface area contributed by atoms with Crippen molar-refractivity contribution in [2.45, 2.75) is 5.25 Å². The zero-order valence-electron chi connectivity index (χ0n) is 11.8. The van der Waals surface area contributed by atoms with Crippen LogP contribution in [0.5, 0.6) is 0 Å². The van der Waals surface area contributed by atoms with Gasteiger partial charge in [0.1, 0.15) is 0 Å². The standard InChI is InChI=1S/C11H23N5S5/c1-8(12)18-3-2-17-6-9(7-21-11(15)16)19-4-5-20-10(13)14/h9H,1-7,12H2,(H3,13,14)(H3,15,16). The number of hydrogen-bond acceptors (Lipinski definition) is 8. The van der Waals surface area contributed by atoms with E-state index < -0.39 is 0 Å². The molecule has 0 rings (SSSR count). The smallest absolute Gasteiger partial charge is 0.151 e. The fourth-order valence-electron chi connectivity index (χ4n) is 1.14. The van der Waals surface area contributed by atoms with Gasteiger partial charge in [0.15, 0.2) is 10.3 Å². The maximum atomic E-state index is 7.30. The molecule has 0 aliphatic rings. The molecule has 0 aliphatic carbocycles. The van der Waals surface area contributed by atoms with E-state index in [9.17, 15) is 0 Å². The normalized spacial score (nSPS) is 12.0. The van der Waals surface area contributed by atoms with Crippen molar-refractivity contribution in [1.29, 1.82) is 10.8 Å². The molecule has 0 heterocycles. The van der Waals surface area contributed by atoms with Gasteiger partial charge >= 0.3 is 0 Å². The average molecular weight is 386 g/mol. The van der Waals surface area contributed by atoms with Gasteiger partial charge in [-0.2, -0.15) is 23.5 Å². The number of hydrogen-bond donors (Lipinski definition) is 5. The van der Waals surface area contributed by atoms with E-state index in [1.165, 1.54) is 23.5 Å². The molecule has 0 amide bonds. The van der Waals surface area contributed by atoms with E-state index >= 15 is 0 Å². The van der Waals surface area contributed by atoms with Crippen LogP contribution in [-0.4, -0.2) is 50.1 Å². The molecule has 21 heavy (non-hydrogen) atoms. The summed E-state index contributed by atoms with van der Waals surface area (Å²) >= 11 is 8.07. The highest BCUT2D eigenvalue weighted by Gasteiger charge is 2.11. The van der Waals surface area contributed by atoms with Gasteiger partial charge in [-0.15, -0.1) is 11.8 Å². The van der Waals surface area contributed by atoms with Crippen LogP contribution in [0.15, 0.2) is 11.6 Å². The quantitative estimate of drug-likeness (QED) is 0.197. The Kier molecular flexibility index (Phi) is 14.0.